The molecule has 3 aliphatic rings. The molecule has 4 heterocycles. The number of nitrogen functional groups attached to an aromatic ring is 1. The molecule has 5 rings (SSSR count). The van der Waals surface area contributed by atoms with Crippen molar-refractivity contribution >= 4 is 75.5 Å². The SMILES string of the molecule is CC(OC(=O)OC1CCCCC1)OC(=O)C1=C(/C=C/C=C/c2csnn2)CS[C@@H]2[C@H](NC(=O)/C(=N\O)c3csc(N)n3)C(=O)N12. The van der Waals surface area contributed by atoms with Gasteiger partial charge in [-0.05, 0) is 48.9 Å². The summed E-state index contributed by atoms with van der Waals surface area (Å²) in [6.07, 6.45) is 8.77. The lowest BCUT2D eigenvalue weighted by Gasteiger charge is -2.49. The average Bonchev–Trinajstić information content (AvgIpc) is 3.70. The quantitative estimate of drug-likeness (QED) is 0.0630. The highest BCUT2D eigenvalue weighted by atomic mass is 32.2. The lowest BCUT2D eigenvalue weighted by atomic mass is 9.98. The highest BCUT2D eigenvalue weighted by molar-refractivity contribution is 8.00. The van der Waals surface area contributed by atoms with Gasteiger partial charge in [0.15, 0.2) is 10.8 Å². The number of nitrogens with two attached hydrogens (primary N) is 1. The first-order valence-electron chi connectivity index (χ1n) is 13.9. The van der Waals surface area contributed by atoms with Crippen LogP contribution in [0.15, 0.2) is 45.4 Å². The number of aromatic nitrogens is 3. The summed E-state index contributed by atoms with van der Waals surface area (Å²) in [5.74, 6) is -2.07. The van der Waals surface area contributed by atoms with Crippen LogP contribution in [-0.4, -0.2) is 83.9 Å². The molecule has 2 fully saturated rings. The highest BCUT2D eigenvalue weighted by Crippen LogP contribution is 2.41. The molecule has 1 saturated carbocycles. The monoisotopic (exact) mass is 675 g/mol. The van der Waals surface area contributed by atoms with Gasteiger partial charge in [0.2, 0.25) is 6.29 Å². The van der Waals surface area contributed by atoms with Crippen molar-refractivity contribution in [3.8, 4) is 0 Å². The summed E-state index contributed by atoms with van der Waals surface area (Å²) in [6, 6.07) is -1.04. The number of carbonyl (C=O) groups is 4. The second kappa shape index (κ2) is 14.7. The van der Waals surface area contributed by atoms with Gasteiger partial charge >= 0.3 is 12.1 Å². The Bertz CT molecular complexity index is 1550. The topological polar surface area (TPSA) is 209 Å². The van der Waals surface area contributed by atoms with Gasteiger partial charge in [0.25, 0.3) is 11.8 Å². The minimum atomic E-state index is -1.31. The molecular weight excluding hydrogens is 647 g/mol. The summed E-state index contributed by atoms with van der Waals surface area (Å²) in [5.41, 5.74) is 6.32. The van der Waals surface area contributed by atoms with E-state index >= 15 is 0 Å². The number of hydrogen-bond acceptors (Lipinski definition) is 16. The number of oxime groups is 1. The number of nitrogens with zero attached hydrogens (tertiary/aromatic N) is 5. The first kappa shape index (κ1) is 32.1. The molecular formula is C27H29N7O8S3. The Morgan fingerprint density at radius 1 is 1.18 bits per heavy atom. The summed E-state index contributed by atoms with van der Waals surface area (Å²) in [5, 5.41) is 21.6. The number of amides is 2. The molecule has 0 bridgehead atoms. The van der Waals surface area contributed by atoms with Crippen LogP contribution in [0.1, 0.15) is 50.4 Å². The fourth-order valence-electron chi connectivity index (χ4n) is 4.86. The van der Waals surface area contributed by atoms with E-state index in [9.17, 15) is 24.4 Å². The van der Waals surface area contributed by atoms with E-state index in [4.69, 9.17) is 19.9 Å². The summed E-state index contributed by atoms with van der Waals surface area (Å²) in [7, 11) is 0. The molecule has 45 heavy (non-hydrogen) atoms. The Kier molecular flexibility index (Phi) is 10.5. The first-order chi connectivity index (χ1) is 21.7. The molecule has 0 spiro atoms. The lowest BCUT2D eigenvalue weighted by Crippen LogP contribution is -2.71. The van der Waals surface area contributed by atoms with Crippen LogP contribution < -0.4 is 11.1 Å². The molecule has 2 aliphatic heterocycles. The number of anilines is 1. The van der Waals surface area contributed by atoms with Gasteiger partial charge in [-0.3, -0.25) is 14.5 Å². The van der Waals surface area contributed by atoms with Crippen LogP contribution in [0.5, 0.6) is 0 Å². The van der Waals surface area contributed by atoms with Gasteiger partial charge < -0.3 is 30.5 Å². The van der Waals surface area contributed by atoms with Crippen molar-refractivity contribution in [2.45, 2.75) is 62.8 Å². The predicted molar refractivity (Wildman–Crippen MR) is 165 cm³/mol. The summed E-state index contributed by atoms with van der Waals surface area (Å²) in [4.78, 5) is 57.2. The number of hydrogen-bond donors (Lipinski definition) is 3. The zero-order valence-electron chi connectivity index (χ0n) is 23.9. The number of carbonyl (C=O) groups excluding carboxylic acids is 4. The van der Waals surface area contributed by atoms with Crippen molar-refractivity contribution in [2.75, 3.05) is 11.5 Å². The van der Waals surface area contributed by atoms with Crippen LogP contribution in [0.25, 0.3) is 6.08 Å². The lowest BCUT2D eigenvalue weighted by molar-refractivity contribution is -0.169. The maximum absolute atomic E-state index is 13.5. The molecule has 2 aromatic heterocycles. The molecule has 2 amide bonds. The van der Waals surface area contributed by atoms with Gasteiger partial charge in [-0.25, -0.2) is 14.6 Å². The van der Waals surface area contributed by atoms with Crippen LogP contribution in [0.2, 0.25) is 0 Å². The summed E-state index contributed by atoms with van der Waals surface area (Å²) in [6.45, 7) is 1.37. The molecule has 238 valence electrons. The molecule has 0 radical (unpaired) electrons. The third-order valence-corrected chi connectivity index (χ3v) is 9.46. The summed E-state index contributed by atoms with van der Waals surface area (Å²) < 4.78 is 19.7. The van der Waals surface area contributed by atoms with Crippen molar-refractivity contribution in [1.82, 2.24) is 24.8 Å². The number of allylic oxidation sites excluding steroid dienone is 3. The van der Waals surface area contributed by atoms with Crippen molar-refractivity contribution in [3.63, 3.8) is 0 Å². The Labute approximate surface area is 269 Å². The second-order valence-corrected chi connectivity index (χ2v) is 12.6. The molecule has 0 aromatic carbocycles. The van der Waals surface area contributed by atoms with Gasteiger partial charge in [0.05, 0.1) is 5.69 Å². The number of thiazole rings is 1. The maximum atomic E-state index is 13.5. The van der Waals surface area contributed by atoms with Gasteiger partial charge in [0, 0.05) is 23.4 Å². The molecule has 18 heteroatoms. The zero-order chi connectivity index (χ0) is 31.9. The van der Waals surface area contributed by atoms with E-state index in [1.165, 1.54) is 40.5 Å². The Morgan fingerprint density at radius 3 is 2.64 bits per heavy atom. The maximum Gasteiger partial charge on any atom is 0.511 e. The zero-order valence-corrected chi connectivity index (χ0v) is 26.3. The largest absolute Gasteiger partial charge is 0.511 e. The van der Waals surface area contributed by atoms with E-state index in [0.29, 0.717) is 11.3 Å². The number of rotatable bonds is 10. The fourth-order valence-corrected chi connectivity index (χ4v) is 7.15. The molecule has 1 saturated heterocycles. The van der Waals surface area contributed by atoms with Gasteiger partial charge in [-0.2, -0.15) is 0 Å². The van der Waals surface area contributed by atoms with Crippen LogP contribution in [0.3, 0.4) is 0 Å². The molecule has 4 N–H and O–H groups in total. The number of ether oxygens (including phenoxy) is 3. The standard InChI is InChI=1S/C27H29N7O8S3/c1-14(41-27(38)42-17-9-3-2-4-10-17)40-25(37)21-15(7-5-6-8-16-12-45-33-31-16)11-43-24-20(23(36)34(21)24)30-22(35)19(32-39)18-13-44-26(28)29-18/h5-8,12-14,17,20,24,39H,2-4,9-11H2,1H3,(H2,28,29)(H,30,35)/b7-5+,8-6+,32-19-/t14?,20-,24-/m1/s1. The Morgan fingerprint density at radius 2 is 1.96 bits per heavy atom. The van der Waals surface area contributed by atoms with Crippen LogP contribution in [0.4, 0.5) is 9.93 Å². The number of nitrogens with one attached hydrogen (secondary N) is 1. The van der Waals surface area contributed by atoms with Crippen LogP contribution in [0, 0.1) is 0 Å². The fraction of sp³-hybridized carbons (Fsp3) is 0.407. The number of thioether (sulfide) groups is 1. The van der Waals surface area contributed by atoms with E-state index in [0.717, 1.165) is 43.4 Å². The molecule has 1 aliphatic carbocycles. The third kappa shape index (κ3) is 7.69. The van der Waals surface area contributed by atoms with E-state index in [1.807, 2.05) is 0 Å². The van der Waals surface area contributed by atoms with E-state index in [2.05, 4.69) is 25.0 Å². The number of esters is 1. The van der Waals surface area contributed by atoms with E-state index in [-0.39, 0.29) is 28.4 Å². The summed E-state index contributed by atoms with van der Waals surface area (Å²) >= 11 is 3.57. The number of β-lactam (4-membered cyclic amide) rings is 1. The Balaban J connectivity index is 1.30. The normalized spacial score (nSPS) is 21.4. The van der Waals surface area contributed by atoms with Gasteiger partial charge in [-0.1, -0.05) is 34.3 Å². The van der Waals surface area contributed by atoms with Crippen molar-refractivity contribution < 1.29 is 38.6 Å². The second-order valence-electron chi connectivity index (χ2n) is 10.0. The molecule has 15 nitrogen and oxygen atoms in total. The minimum Gasteiger partial charge on any atom is -0.431 e. The predicted octanol–water partition coefficient (Wildman–Crippen LogP) is 3.05. The van der Waals surface area contributed by atoms with Crippen molar-refractivity contribution in [3.05, 3.63) is 51.6 Å². The van der Waals surface area contributed by atoms with Crippen molar-refractivity contribution in [2.24, 2.45) is 5.16 Å². The Hall–Kier alpha value is -4.29. The molecule has 2 aromatic rings. The van der Waals surface area contributed by atoms with E-state index < -0.39 is 47.4 Å². The minimum absolute atomic E-state index is 0.0477. The van der Waals surface area contributed by atoms with Gasteiger partial charge in [0.1, 0.15) is 28.9 Å². The average molecular weight is 676 g/mol. The van der Waals surface area contributed by atoms with Crippen LogP contribution in [-0.2, 0) is 28.6 Å². The van der Waals surface area contributed by atoms with Crippen molar-refractivity contribution in [1.29, 1.82) is 0 Å². The van der Waals surface area contributed by atoms with Gasteiger partial charge in [-0.15, -0.1) is 28.2 Å². The first-order valence-corrected chi connectivity index (χ1v) is 16.6. The molecule has 3 atom stereocenters. The third-order valence-electron chi connectivity index (χ3n) is 6.96. The highest BCUT2D eigenvalue weighted by Gasteiger charge is 2.54. The van der Waals surface area contributed by atoms with E-state index in [1.54, 1.807) is 29.7 Å². The molecule has 1 unspecified atom stereocenters. The number of fused-ring (bicyclic) bond motifs is 1. The smallest absolute Gasteiger partial charge is 0.431 e. The van der Waals surface area contributed by atoms with Crippen LogP contribution >= 0.6 is 34.6 Å².